The molecule has 6 heteroatoms. The fraction of sp³-hybridized carbons (Fsp3) is 0.429. The number of ether oxygens (including phenoxy) is 1. The van der Waals surface area contributed by atoms with Gasteiger partial charge in [0.05, 0.1) is 12.2 Å². The Balaban J connectivity index is 1.47. The molecule has 0 N–H and O–H groups in total. The van der Waals surface area contributed by atoms with E-state index < -0.39 is 0 Å². The molecule has 1 fully saturated rings. The number of aromatic nitrogens is 3. The minimum atomic E-state index is 0.338. The molecule has 0 radical (unpaired) electrons. The zero-order chi connectivity index (χ0) is 18.5. The molecule has 1 saturated heterocycles. The van der Waals surface area contributed by atoms with Gasteiger partial charge in [0.25, 0.3) is 0 Å². The Labute approximate surface area is 169 Å². The summed E-state index contributed by atoms with van der Waals surface area (Å²) in [6.07, 6.45) is 4.87. The maximum atomic E-state index is 5.97. The normalized spacial score (nSPS) is 19.6. The highest BCUT2D eigenvalue weighted by atomic mass is 32.2. The van der Waals surface area contributed by atoms with Gasteiger partial charge in [-0.25, -0.2) is 0 Å². The van der Waals surface area contributed by atoms with Crippen LogP contribution in [0.25, 0.3) is 0 Å². The van der Waals surface area contributed by atoms with Crippen molar-refractivity contribution in [1.29, 1.82) is 0 Å². The standard InChI is InChI=1S/C21H25N3OS2/c1-16-9-10-18(25-16)15-27-21-23-22-20(14-19-8-5-13-26-19)24(21)12-11-17-6-3-2-4-7-17/h2-8,13,16,18H,9-12,14-15H2,1H3. The number of nitrogens with zero attached hydrogens (tertiary/aromatic N) is 3. The first-order chi connectivity index (χ1) is 13.3. The van der Waals surface area contributed by atoms with Crippen molar-refractivity contribution in [3.05, 3.63) is 64.1 Å². The third-order valence-corrected chi connectivity index (χ3v) is 6.87. The Kier molecular flexibility index (Phi) is 6.27. The Morgan fingerprint density at radius 2 is 2.04 bits per heavy atom. The van der Waals surface area contributed by atoms with Crippen LogP contribution in [0, 0.1) is 0 Å². The van der Waals surface area contributed by atoms with Gasteiger partial charge in [-0.15, -0.1) is 21.5 Å². The molecule has 27 heavy (non-hydrogen) atoms. The number of hydrogen-bond acceptors (Lipinski definition) is 5. The van der Waals surface area contributed by atoms with Crippen molar-refractivity contribution in [1.82, 2.24) is 14.8 Å². The number of aryl methyl sites for hydroxylation is 1. The van der Waals surface area contributed by atoms with Gasteiger partial charge in [-0.2, -0.15) is 0 Å². The van der Waals surface area contributed by atoms with E-state index in [-0.39, 0.29) is 0 Å². The lowest BCUT2D eigenvalue weighted by atomic mass is 10.1. The Bertz CT molecular complexity index is 833. The van der Waals surface area contributed by atoms with Crippen LogP contribution in [0.3, 0.4) is 0 Å². The van der Waals surface area contributed by atoms with Crippen molar-refractivity contribution in [2.45, 2.75) is 56.5 Å². The van der Waals surface area contributed by atoms with Gasteiger partial charge >= 0.3 is 0 Å². The van der Waals surface area contributed by atoms with Crippen molar-refractivity contribution in [2.24, 2.45) is 0 Å². The van der Waals surface area contributed by atoms with Crippen molar-refractivity contribution in [3.63, 3.8) is 0 Å². The third kappa shape index (κ3) is 5.00. The molecular weight excluding hydrogens is 374 g/mol. The molecule has 0 bridgehead atoms. The Morgan fingerprint density at radius 1 is 1.15 bits per heavy atom. The zero-order valence-corrected chi connectivity index (χ0v) is 17.2. The van der Waals surface area contributed by atoms with Gasteiger partial charge in [0.2, 0.25) is 0 Å². The number of rotatable bonds is 8. The maximum Gasteiger partial charge on any atom is 0.191 e. The highest BCUT2D eigenvalue weighted by molar-refractivity contribution is 7.99. The van der Waals surface area contributed by atoms with Gasteiger partial charge in [0, 0.05) is 23.6 Å². The molecule has 0 amide bonds. The first-order valence-corrected chi connectivity index (χ1v) is 11.4. The summed E-state index contributed by atoms with van der Waals surface area (Å²) in [4.78, 5) is 1.33. The van der Waals surface area contributed by atoms with Crippen LogP contribution in [0.4, 0.5) is 0 Å². The number of thiophene rings is 1. The van der Waals surface area contributed by atoms with Crippen LogP contribution < -0.4 is 0 Å². The summed E-state index contributed by atoms with van der Waals surface area (Å²) in [5.41, 5.74) is 1.34. The van der Waals surface area contributed by atoms with Gasteiger partial charge in [0.15, 0.2) is 5.16 Å². The molecule has 2 atom stereocenters. The molecule has 1 aliphatic heterocycles. The summed E-state index contributed by atoms with van der Waals surface area (Å²) in [6, 6.07) is 14.9. The lowest BCUT2D eigenvalue weighted by Gasteiger charge is -2.12. The molecule has 3 aromatic rings. The summed E-state index contributed by atoms with van der Waals surface area (Å²) in [5, 5.41) is 12.2. The largest absolute Gasteiger partial charge is 0.374 e. The van der Waals surface area contributed by atoms with E-state index in [1.165, 1.54) is 10.4 Å². The van der Waals surface area contributed by atoms with E-state index in [1.54, 1.807) is 23.1 Å². The van der Waals surface area contributed by atoms with Crippen LogP contribution in [-0.2, 0) is 24.1 Å². The molecule has 0 saturated carbocycles. The quantitative estimate of drug-likeness (QED) is 0.509. The molecule has 0 aliphatic carbocycles. The minimum absolute atomic E-state index is 0.338. The topological polar surface area (TPSA) is 39.9 Å². The van der Waals surface area contributed by atoms with E-state index in [2.05, 4.69) is 69.5 Å². The van der Waals surface area contributed by atoms with E-state index >= 15 is 0 Å². The van der Waals surface area contributed by atoms with Crippen molar-refractivity contribution in [2.75, 3.05) is 5.75 Å². The second-order valence-corrected chi connectivity index (χ2v) is 9.02. The zero-order valence-electron chi connectivity index (χ0n) is 15.6. The lowest BCUT2D eigenvalue weighted by molar-refractivity contribution is 0.0699. The van der Waals surface area contributed by atoms with Crippen molar-refractivity contribution in [3.8, 4) is 0 Å². The van der Waals surface area contributed by atoms with E-state index in [0.717, 1.165) is 49.0 Å². The molecular formula is C21H25N3OS2. The van der Waals surface area contributed by atoms with Crippen LogP contribution in [0.2, 0.25) is 0 Å². The predicted molar refractivity (Wildman–Crippen MR) is 112 cm³/mol. The van der Waals surface area contributed by atoms with Crippen LogP contribution in [0.15, 0.2) is 53.0 Å². The Hall–Kier alpha value is -1.63. The summed E-state index contributed by atoms with van der Waals surface area (Å²) in [7, 11) is 0. The molecule has 2 aromatic heterocycles. The highest BCUT2D eigenvalue weighted by Crippen LogP contribution is 2.27. The molecule has 1 aliphatic rings. The molecule has 142 valence electrons. The average molecular weight is 400 g/mol. The van der Waals surface area contributed by atoms with E-state index in [4.69, 9.17) is 4.74 Å². The van der Waals surface area contributed by atoms with Crippen molar-refractivity contribution >= 4 is 23.1 Å². The maximum absolute atomic E-state index is 5.97. The highest BCUT2D eigenvalue weighted by Gasteiger charge is 2.23. The van der Waals surface area contributed by atoms with E-state index in [1.807, 2.05) is 0 Å². The monoisotopic (exact) mass is 399 g/mol. The third-order valence-electron chi connectivity index (χ3n) is 4.89. The number of benzene rings is 1. The van der Waals surface area contributed by atoms with E-state index in [9.17, 15) is 0 Å². The van der Waals surface area contributed by atoms with Crippen LogP contribution in [0.1, 0.15) is 36.0 Å². The van der Waals surface area contributed by atoms with Crippen molar-refractivity contribution < 1.29 is 4.74 Å². The minimum Gasteiger partial charge on any atom is -0.374 e. The first-order valence-electron chi connectivity index (χ1n) is 9.54. The molecule has 4 nitrogen and oxygen atoms in total. The lowest BCUT2D eigenvalue weighted by Crippen LogP contribution is -2.13. The van der Waals surface area contributed by atoms with Crippen LogP contribution >= 0.6 is 23.1 Å². The summed E-state index contributed by atoms with van der Waals surface area (Å²) in [5.74, 6) is 2.00. The summed E-state index contributed by atoms with van der Waals surface area (Å²) < 4.78 is 8.27. The summed E-state index contributed by atoms with van der Waals surface area (Å²) >= 11 is 3.56. The van der Waals surface area contributed by atoms with E-state index in [0.29, 0.717) is 12.2 Å². The molecule has 4 rings (SSSR count). The van der Waals surface area contributed by atoms with Gasteiger partial charge < -0.3 is 9.30 Å². The van der Waals surface area contributed by atoms with Gasteiger partial charge in [-0.05, 0) is 43.2 Å². The van der Waals surface area contributed by atoms with Gasteiger partial charge in [-0.3, -0.25) is 0 Å². The van der Waals surface area contributed by atoms with Gasteiger partial charge in [0.1, 0.15) is 5.82 Å². The molecule has 2 unspecified atom stereocenters. The fourth-order valence-corrected chi connectivity index (χ4v) is 5.14. The summed E-state index contributed by atoms with van der Waals surface area (Å²) in [6.45, 7) is 3.06. The molecule has 1 aromatic carbocycles. The van der Waals surface area contributed by atoms with Crippen LogP contribution in [0.5, 0.6) is 0 Å². The number of hydrogen-bond donors (Lipinski definition) is 0. The molecule has 0 spiro atoms. The number of thioether (sulfide) groups is 1. The second-order valence-electron chi connectivity index (χ2n) is 7.00. The predicted octanol–water partition coefficient (Wildman–Crippen LogP) is 4.83. The van der Waals surface area contributed by atoms with Crippen LogP contribution in [-0.4, -0.2) is 32.7 Å². The SMILES string of the molecule is CC1CCC(CSc2nnc(Cc3cccs3)n2CCc2ccccc2)O1. The first kappa shape index (κ1) is 18.7. The van der Waals surface area contributed by atoms with Gasteiger partial charge in [-0.1, -0.05) is 48.2 Å². The smallest absolute Gasteiger partial charge is 0.191 e. The second kappa shape index (κ2) is 9.04. The fourth-order valence-electron chi connectivity index (χ4n) is 3.41. The average Bonchev–Trinajstić information content (AvgIpc) is 3.42. The Morgan fingerprint density at radius 3 is 2.78 bits per heavy atom. The molecule has 3 heterocycles.